The van der Waals surface area contributed by atoms with Gasteiger partial charge in [0.1, 0.15) is 45.2 Å². The highest BCUT2D eigenvalue weighted by molar-refractivity contribution is 9.11. The molecule has 7 aliphatic heterocycles. The van der Waals surface area contributed by atoms with Gasteiger partial charge in [0.25, 0.3) is 0 Å². The fourth-order valence-electron chi connectivity index (χ4n) is 18.6. The van der Waals surface area contributed by atoms with Crippen LogP contribution in [0.25, 0.3) is 100 Å². The van der Waals surface area contributed by atoms with Gasteiger partial charge in [-0.2, -0.15) is 68.0 Å². The largest absolute Gasteiger partial charge is 0.454 e. The summed E-state index contributed by atoms with van der Waals surface area (Å²) < 4.78 is 27.6. The molecule has 5 unspecified atom stereocenters. The van der Waals surface area contributed by atoms with Crippen LogP contribution in [0.15, 0.2) is 160 Å². The van der Waals surface area contributed by atoms with Crippen LogP contribution in [0.1, 0.15) is 134 Å². The number of piperidine rings is 5. The molecule has 23 heterocycles. The minimum absolute atomic E-state index is 0.170. The molecule has 0 radical (unpaired) electrons. The molecular formula is C93H98Br6N38O2S2. The van der Waals surface area contributed by atoms with Crippen molar-refractivity contribution in [2.75, 3.05) is 125 Å². The maximum atomic E-state index is 8.97. The Hall–Kier alpha value is -12.0. The van der Waals surface area contributed by atoms with Crippen LogP contribution in [-0.2, 0) is 7.05 Å². The maximum absolute atomic E-state index is 8.97. The summed E-state index contributed by atoms with van der Waals surface area (Å²) in [7, 11) is 1.88. The second kappa shape index (κ2) is 42.7. The van der Waals surface area contributed by atoms with Gasteiger partial charge in [-0.15, -0.1) is 22.7 Å². The van der Waals surface area contributed by atoms with Crippen molar-refractivity contribution < 1.29 is 9.47 Å². The minimum atomic E-state index is 0.170. The van der Waals surface area contributed by atoms with Crippen molar-refractivity contribution in [2.24, 2.45) is 12.8 Å². The summed E-state index contributed by atoms with van der Waals surface area (Å²) in [6, 6.07) is 15.6. The zero-order valence-corrected chi connectivity index (χ0v) is 87.4. The predicted octanol–water partition coefficient (Wildman–Crippen LogP) is 14.4. The normalized spacial score (nSPS) is 18.5. The van der Waals surface area contributed by atoms with E-state index in [0.717, 1.165) is 311 Å². The van der Waals surface area contributed by atoms with Crippen LogP contribution in [0.5, 0.6) is 11.5 Å². The van der Waals surface area contributed by atoms with Gasteiger partial charge in [-0.25, -0.2) is 34.9 Å². The van der Waals surface area contributed by atoms with Crippen LogP contribution >= 0.6 is 118 Å². The first-order valence-electron chi connectivity index (χ1n) is 46.1. The van der Waals surface area contributed by atoms with E-state index >= 15 is 0 Å². The molecule has 0 amide bonds. The maximum Gasteiger partial charge on any atom is 0.231 e. The van der Waals surface area contributed by atoms with Gasteiger partial charge in [-0.05, 0) is 234 Å². The van der Waals surface area contributed by atoms with E-state index in [-0.39, 0.29) is 12.8 Å². The summed E-state index contributed by atoms with van der Waals surface area (Å²) >= 11 is 24.7. The molecular weight excluding hydrogens is 2220 g/mol. The summed E-state index contributed by atoms with van der Waals surface area (Å²) in [6.45, 7) is 11.8. The number of ether oxygens (including phenoxy) is 2. The Kier molecular flexibility index (Phi) is 29.2. The molecule has 0 aliphatic carbocycles. The number of thiazole rings is 2. The van der Waals surface area contributed by atoms with Crippen molar-refractivity contribution in [1.82, 2.24) is 144 Å². The number of aromatic nitrogens is 24. The lowest BCUT2D eigenvalue weighted by Crippen LogP contribution is -2.29. The second-order valence-corrected chi connectivity index (χ2v) is 41.4. The number of aryl methyl sites for hydroxylation is 1. The van der Waals surface area contributed by atoms with E-state index in [1.54, 1.807) is 122 Å². The lowest BCUT2D eigenvalue weighted by atomic mass is 9.96. The molecule has 25 rings (SSSR count). The van der Waals surface area contributed by atoms with Gasteiger partial charge < -0.3 is 81.1 Å². The summed E-state index contributed by atoms with van der Waals surface area (Å²) in [5.74, 6) is 7.48. The Labute approximate surface area is 865 Å². The number of fused-ring (bicyclic) bond motifs is 7. The molecule has 48 heteroatoms. The van der Waals surface area contributed by atoms with Crippen LogP contribution in [0.3, 0.4) is 0 Å². The molecule has 0 saturated carbocycles. The van der Waals surface area contributed by atoms with E-state index < -0.39 is 0 Å². The zero-order chi connectivity index (χ0) is 97.2. The molecule has 19 N–H and O–H groups in total. The first-order chi connectivity index (χ1) is 68.7. The third-order valence-electron chi connectivity index (χ3n) is 26.1. The molecule has 18 aromatic rings. The monoisotopic (exact) mass is 2320 g/mol. The standard InChI is InChI=1S/C18H17BrN6.C18H18BrN5O2.C15H16BrN7.C14H17BrN8.2C14H15BrN6S/c19-15-16(13-2-1-7-22-9-13)24-18-14(10-23-25(18)17(15)21)12-5-3-11(8-20)4-6-12;19-15-16(11-2-1-5-21-7-11)23-18-12(8-22-24(18)17(15)20)10-3-4-13-14(6-10)26-9-25-13;16-12-13(9-2-1-3-18-6-9)22-15-10(7-21-23(15)14(12)17)11-8-19-4-5-20-11;1-21-6-8(4-18-21)10-5-19-23-12(17)11(15)14(20-13(10)23)22-3-2-9(16)7-22;15-11-12(8-2-1-3-17-4-8)20-14-9(10-6-22-7-18-10)5-19-21(14)13(11)16;15-11-12(8-2-1-3-17-4-8)20-14-9(10-6-18-7-22-10)5-19-21(14)13(11)16/h3-6,10,13,22H,1-2,7,9,21H2;3-4,6,8,11,21H,1-2,5,7,9,20H2;4-5,7-9,18H,1-3,6,17H2;4-6,9H,2-3,7,16-17H2,1H3;2*5-8,17H,1-4,16H2/t;;;9-;;/m...0../s1. The van der Waals surface area contributed by atoms with Gasteiger partial charge in [-0.1, -0.05) is 18.2 Å². The van der Waals surface area contributed by atoms with Crippen molar-refractivity contribution >= 4 is 193 Å². The Balaban J connectivity index is 0.000000104. The third-order valence-corrected chi connectivity index (χ3v) is 32.3. The van der Waals surface area contributed by atoms with Crippen molar-refractivity contribution in [2.45, 2.75) is 106 Å². The molecule has 726 valence electrons. The van der Waals surface area contributed by atoms with Crippen LogP contribution in [0.4, 0.5) is 40.7 Å². The van der Waals surface area contributed by atoms with Crippen LogP contribution < -0.4 is 81.1 Å². The number of nitrogens with two attached hydrogens (primary N) is 7. The van der Waals surface area contributed by atoms with Crippen molar-refractivity contribution in [3.8, 4) is 83.9 Å². The molecule has 16 aromatic heterocycles. The number of halogens is 6. The molecule has 6 saturated heterocycles. The summed E-state index contributed by atoms with van der Waals surface area (Å²) in [4.78, 5) is 49.5. The second-order valence-electron chi connectivity index (χ2n) is 35.1. The van der Waals surface area contributed by atoms with Gasteiger partial charge in [0.15, 0.2) is 45.4 Å². The molecule has 6 atom stereocenters. The van der Waals surface area contributed by atoms with Gasteiger partial charge >= 0.3 is 0 Å². The van der Waals surface area contributed by atoms with E-state index in [4.69, 9.17) is 84.8 Å². The topological polar surface area (TPSA) is 538 Å². The average Bonchev–Trinajstić information content (AvgIpc) is 1.71. The van der Waals surface area contributed by atoms with E-state index in [1.165, 1.54) is 0 Å². The fourth-order valence-corrected chi connectivity index (χ4v) is 23.2. The van der Waals surface area contributed by atoms with Crippen molar-refractivity contribution in [3.63, 3.8) is 0 Å². The van der Waals surface area contributed by atoms with Crippen molar-refractivity contribution in [1.29, 1.82) is 5.26 Å². The predicted molar refractivity (Wildman–Crippen MR) is 567 cm³/mol. The Morgan fingerprint density at radius 2 is 0.823 bits per heavy atom. The van der Waals surface area contributed by atoms with Crippen LogP contribution in [0.2, 0.25) is 0 Å². The lowest BCUT2D eigenvalue weighted by molar-refractivity contribution is 0.174. The molecule has 2 aromatic carbocycles. The Morgan fingerprint density at radius 1 is 0.411 bits per heavy atom. The molecule has 0 bridgehead atoms. The van der Waals surface area contributed by atoms with E-state index in [2.05, 4.69) is 189 Å². The average molecular weight is 2320 g/mol. The highest BCUT2D eigenvalue weighted by Crippen LogP contribution is 2.45. The summed E-state index contributed by atoms with van der Waals surface area (Å²) in [5, 5.41) is 58.7. The number of benzene rings is 2. The van der Waals surface area contributed by atoms with E-state index in [0.29, 0.717) is 81.4 Å². The first kappa shape index (κ1) is 96.5. The minimum Gasteiger partial charge on any atom is -0.454 e. The number of nitriles is 1. The van der Waals surface area contributed by atoms with Gasteiger partial charge in [-0.3, -0.25) is 19.6 Å². The number of anilines is 7. The van der Waals surface area contributed by atoms with Gasteiger partial charge in [0.05, 0.1) is 156 Å². The van der Waals surface area contributed by atoms with Crippen LogP contribution in [-0.4, -0.2) is 209 Å². The number of nitrogens with zero attached hydrogens (tertiary/aromatic N) is 26. The summed E-state index contributed by atoms with van der Waals surface area (Å²) in [5.41, 5.74) is 67.5. The SMILES string of the molecule is Cn1cc(-c2cnn3c(N)c(Br)c(N4CC[C@H](N)C4)nc23)cn1.N#Cc1ccc(-c2cnn3c(N)c(Br)c(C4CCCNC4)nc23)cc1.Nc1c(Br)c(C2CCCNC2)nc2c(-c3ccc4c(c3)OCO4)cnn12.Nc1c(Br)c(C2CCCNC2)nc2c(-c3cnccn3)cnn12.Nc1c(Br)c(C2CCCNC2)nc2c(-c3cncs3)cnn12.Nc1c(Br)c(C2CCCNC2)nc2c(-c3cscn3)cnn12. The van der Waals surface area contributed by atoms with E-state index in [9.17, 15) is 0 Å². The first-order valence-corrected chi connectivity index (χ1v) is 52.7. The molecule has 141 heavy (non-hydrogen) atoms. The highest BCUT2D eigenvalue weighted by atomic mass is 79.9. The smallest absolute Gasteiger partial charge is 0.231 e. The van der Waals surface area contributed by atoms with E-state index in [1.807, 2.05) is 72.4 Å². The Morgan fingerprint density at radius 3 is 1.22 bits per heavy atom. The number of nitrogen functional groups attached to an aromatic ring is 6. The highest BCUT2D eigenvalue weighted by Gasteiger charge is 2.33. The Bertz CT molecular complexity index is 7460. The third kappa shape index (κ3) is 19.7. The van der Waals surface area contributed by atoms with Crippen LogP contribution in [0, 0.1) is 11.3 Å². The number of hydrogen-bond acceptors (Lipinski definition) is 35. The van der Waals surface area contributed by atoms with Crippen molar-refractivity contribution in [3.05, 3.63) is 194 Å². The van der Waals surface area contributed by atoms with Gasteiger partial charge in [0.2, 0.25) is 6.79 Å². The van der Waals surface area contributed by atoms with Gasteiger partial charge in [0, 0.05) is 141 Å². The molecule has 7 aliphatic rings. The number of hydrogen-bond donors (Lipinski definition) is 12. The molecule has 40 nitrogen and oxygen atoms in total. The summed E-state index contributed by atoms with van der Waals surface area (Å²) in [6.07, 6.45) is 33.4. The fraction of sp³-hybridized carbons (Fsp3) is 0.333. The number of rotatable bonds is 12. The lowest BCUT2D eigenvalue weighted by Gasteiger charge is -2.23. The zero-order valence-electron chi connectivity index (χ0n) is 76.2. The molecule has 6 fully saturated rings. The molecule has 0 spiro atoms. The quantitative estimate of drug-likeness (QED) is 0.0540. The number of nitrogens with one attached hydrogen (secondary N) is 5.